The molecule has 1 aromatic heterocycles. The molecular formula is C17H20N2O2. The second kappa shape index (κ2) is 6.70. The summed E-state index contributed by atoms with van der Waals surface area (Å²) in [7, 11) is 1.69. The third kappa shape index (κ3) is 4.28. The highest BCUT2D eigenvalue weighted by Crippen LogP contribution is 2.22. The van der Waals surface area contributed by atoms with Crippen molar-refractivity contribution in [3.05, 3.63) is 53.7 Å². The first-order valence-electron chi connectivity index (χ1n) is 7.28. The summed E-state index contributed by atoms with van der Waals surface area (Å²) in [6.45, 7) is 1.38. The number of ether oxygens (including phenoxy) is 2. The van der Waals surface area contributed by atoms with E-state index < -0.39 is 0 Å². The Morgan fingerprint density at radius 1 is 1.19 bits per heavy atom. The molecule has 110 valence electrons. The Bertz CT molecular complexity index is 597. The van der Waals surface area contributed by atoms with Gasteiger partial charge in [-0.05, 0) is 36.6 Å². The van der Waals surface area contributed by atoms with Crippen LogP contribution in [0.15, 0.2) is 42.5 Å². The summed E-state index contributed by atoms with van der Waals surface area (Å²) in [4.78, 5) is 4.53. The summed E-state index contributed by atoms with van der Waals surface area (Å²) in [6, 6.07) is 14.4. The Morgan fingerprint density at radius 2 is 2.05 bits per heavy atom. The summed E-state index contributed by atoms with van der Waals surface area (Å²) in [6.07, 6.45) is 2.56. The third-order valence-corrected chi connectivity index (χ3v) is 3.36. The predicted octanol–water partition coefficient (Wildman–Crippen LogP) is 3.27. The standard InChI is InChI=1S/C17H20N2O2/c1-20-12-13-4-2-6-16(10-13)21-17-7-3-5-15(19-17)11-18-14-8-9-14/h2-7,10,14,18H,8-9,11-12H2,1H3. The van der Waals surface area contributed by atoms with E-state index >= 15 is 0 Å². The van der Waals surface area contributed by atoms with Crippen molar-refractivity contribution in [2.45, 2.75) is 32.0 Å². The van der Waals surface area contributed by atoms with Crippen LogP contribution in [0, 0.1) is 0 Å². The van der Waals surface area contributed by atoms with Crippen molar-refractivity contribution in [2.24, 2.45) is 0 Å². The van der Waals surface area contributed by atoms with Gasteiger partial charge in [0.1, 0.15) is 5.75 Å². The van der Waals surface area contributed by atoms with E-state index in [1.807, 2.05) is 42.5 Å². The lowest BCUT2D eigenvalue weighted by molar-refractivity contribution is 0.184. The lowest BCUT2D eigenvalue weighted by Crippen LogP contribution is -2.16. The second-order valence-corrected chi connectivity index (χ2v) is 5.30. The molecule has 0 saturated heterocycles. The molecule has 1 saturated carbocycles. The highest BCUT2D eigenvalue weighted by Gasteiger charge is 2.20. The van der Waals surface area contributed by atoms with Crippen LogP contribution < -0.4 is 10.1 Å². The topological polar surface area (TPSA) is 43.4 Å². The van der Waals surface area contributed by atoms with E-state index in [1.165, 1.54) is 12.8 Å². The summed E-state index contributed by atoms with van der Waals surface area (Å²) >= 11 is 0. The van der Waals surface area contributed by atoms with Crippen LogP contribution in [-0.4, -0.2) is 18.1 Å². The average Bonchev–Trinajstić information content (AvgIpc) is 3.31. The van der Waals surface area contributed by atoms with E-state index in [-0.39, 0.29) is 0 Å². The molecule has 1 N–H and O–H groups in total. The van der Waals surface area contributed by atoms with Crippen molar-refractivity contribution in [1.82, 2.24) is 10.3 Å². The zero-order chi connectivity index (χ0) is 14.5. The van der Waals surface area contributed by atoms with Gasteiger partial charge in [0, 0.05) is 25.8 Å². The molecule has 0 amide bonds. The molecule has 3 rings (SSSR count). The number of methoxy groups -OCH3 is 1. The maximum Gasteiger partial charge on any atom is 0.219 e. The zero-order valence-corrected chi connectivity index (χ0v) is 12.2. The van der Waals surface area contributed by atoms with E-state index in [9.17, 15) is 0 Å². The number of rotatable bonds is 7. The highest BCUT2D eigenvalue weighted by atomic mass is 16.5. The molecule has 4 heteroatoms. The molecule has 0 radical (unpaired) electrons. The van der Waals surface area contributed by atoms with Gasteiger partial charge in [-0.25, -0.2) is 4.98 Å². The van der Waals surface area contributed by atoms with Gasteiger partial charge in [0.15, 0.2) is 0 Å². The number of aromatic nitrogens is 1. The lowest BCUT2D eigenvalue weighted by Gasteiger charge is -2.08. The SMILES string of the molecule is COCc1cccc(Oc2cccc(CNC3CC3)n2)c1. The molecule has 1 aliphatic carbocycles. The van der Waals surface area contributed by atoms with Gasteiger partial charge in [-0.15, -0.1) is 0 Å². The van der Waals surface area contributed by atoms with Gasteiger partial charge in [0.2, 0.25) is 5.88 Å². The van der Waals surface area contributed by atoms with E-state index in [4.69, 9.17) is 9.47 Å². The minimum absolute atomic E-state index is 0.579. The maximum absolute atomic E-state index is 5.83. The molecule has 1 aromatic carbocycles. The van der Waals surface area contributed by atoms with Crippen LogP contribution in [0.3, 0.4) is 0 Å². The predicted molar refractivity (Wildman–Crippen MR) is 81.3 cm³/mol. The van der Waals surface area contributed by atoms with Crippen molar-refractivity contribution in [1.29, 1.82) is 0 Å². The molecule has 0 aliphatic heterocycles. The minimum atomic E-state index is 0.579. The monoisotopic (exact) mass is 284 g/mol. The Hall–Kier alpha value is -1.91. The zero-order valence-electron chi connectivity index (χ0n) is 12.2. The van der Waals surface area contributed by atoms with Crippen LogP contribution in [0.2, 0.25) is 0 Å². The Labute approximate surface area is 125 Å². The van der Waals surface area contributed by atoms with E-state index in [1.54, 1.807) is 7.11 Å². The van der Waals surface area contributed by atoms with Gasteiger partial charge in [-0.2, -0.15) is 0 Å². The minimum Gasteiger partial charge on any atom is -0.439 e. The Kier molecular flexibility index (Phi) is 4.48. The number of hydrogen-bond acceptors (Lipinski definition) is 4. The second-order valence-electron chi connectivity index (χ2n) is 5.30. The van der Waals surface area contributed by atoms with Crippen molar-refractivity contribution >= 4 is 0 Å². The number of pyridine rings is 1. The number of benzene rings is 1. The van der Waals surface area contributed by atoms with Crippen LogP contribution in [-0.2, 0) is 17.9 Å². The summed E-state index contributed by atoms with van der Waals surface area (Å²) in [5.74, 6) is 1.41. The van der Waals surface area contributed by atoms with Crippen LogP contribution >= 0.6 is 0 Å². The quantitative estimate of drug-likeness (QED) is 0.847. The molecule has 4 nitrogen and oxygen atoms in total. The first-order chi connectivity index (χ1) is 10.3. The maximum atomic E-state index is 5.83. The molecular weight excluding hydrogens is 264 g/mol. The molecule has 1 heterocycles. The van der Waals surface area contributed by atoms with Gasteiger partial charge < -0.3 is 14.8 Å². The van der Waals surface area contributed by atoms with Gasteiger partial charge in [0.25, 0.3) is 0 Å². The Morgan fingerprint density at radius 3 is 2.86 bits per heavy atom. The molecule has 0 unspecified atom stereocenters. The number of hydrogen-bond donors (Lipinski definition) is 1. The van der Waals surface area contributed by atoms with E-state index in [0.29, 0.717) is 18.5 Å². The first-order valence-corrected chi connectivity index (χ1v) is 7.28. The Balaban J connectivity index is 1.65. The largest absolute Gasteiger partial charge is 0.439 e. The van der Waals surface area contributed by atoms with Crippen LogP contribution in [0.4, 0.5) is 0 Å². The molecule has 0 spiro atoms. The molecule has 2 aromatic rings. The van der Waals surface area contributed by atoms with E-state index in [2.05, 4.69) is 10.3 Å². The smallest absolute Gasteiger partial charge is 0.219 e. The van der Waals surface area contributed by atoms with Crippen LogP contribution in [0.5, 0.6) is 11.6 Å². The van der Waals surface area contributed by atoms with Crippen molar-refractivity contribution in [3.8, 4) is 11.6 Å². The number of nitrogens with one attached hydrogen (secondary N) is 1. The fourth-order valence-electron chi connectivity index (χ4n) is 2.14. The molecule has 0 bridgehead atoms. The van der Waals surface area contributed by atoms with Crippen molar-refractivity contribution < 1.29 is 9.47 Å². The number of nitrogens with zero attached hydrogens (tertiary/aromatic N) is 1. The van der Waals surface area contributed by atoms with Gasteiger partial charge in [-0.3, -0.25) is 0 Å². The first kappa shape index (κ1) is 14.0. The lowest BCUT2D eigenvalue weighted by atomic mass is 10.2. The van der Waals surface area contributed by atoms with Gasteiger partial charge >= 0.3 is 0 Å². The normalized spacial score (nSPS) is 14.1. The van der Waals surface area contributed by atoms with Gasteiger partial charge in [0.05, 0.1) is 12.3 Å². The van der Waals surface area contributed by atoms with Crippen LogP contribution in [0.25, 0.3) is 0 Å². The van der Waals surface area contributed by atoms with Crippen molar-refractivity contribution in [3.63, 3.8) is 0 Å². The third-order valence-electron chi connectivity index (χ3n) is 3.36. The fraction of sp³-hybridized carbons (Fsp3) is 0.353. The summed E-state index contributed by atoms with van der Waals surface area (Å²) < 4.78 is 11.0. The molecule has 0 atom stereocenters. The van der Waals surface area contributed by atoms with Gasteiger partial charge in [-0.1, -0.05) is 18.2 Å². The average molecular weight is 284 g/mol. The highest BCUT2D eigenvalue weighted by molar-refractivity contribution is 5.31. The van der Waals surface area contributed by atoms with E-state index in [0.717, 1.165) is 23.6 Å². The molecule has 1 fully saturated rings. The molecule has 1 aliphatic rings. The van der Waals surface area contributed by atoms with Crippen molar-refractivity contribution in [2.75, 3.05) is 7.11 Å². The summed E-state index contributed by atoms with van der Waals surface area (Å²) in [5, 5.41) is 3.46. The fourth-order valence-corrected chi connectivity index (χ4v) is 2.14. The molecule has 21 heavy (non-hydrogen) atoms. The summed E-state index contributed by atoms with van der Waals surface area (Å²) in [5.41, 5.74) is 2.09. The van der Waals surface area contributed by atoms with Crippen LogP contribution in [0.1, 0.15) is 24.1 Å².